The minimum absolute atomic E-state index is 0.0596. The number of carbonyl (C=O) groups is 5. The van der Waals surface area contributed by atoms with Gasteiger partial charge in [-0.05, 0) is 245 Å². The van der Waals surface area contributed by atoms with Crippen LogP contribution in [0.1, 0.15) is 148 Å². The number of pyridine rings is 5. The first-order valence-electron chi connectivity index (χ1n) is 50.3. The Labute approximate surface area is 853 Å². The number of ketones is 5. The number of aromatic nitrogens is 5. The summed E-state index contributed by atoms with van der Waals surface area (Å²) in [5.74, 6) is -2.10. The van der Waals surface area contributed by atoms with Gasteiger partial charge in [0.15, 0.2) is 28.9 Å². The molecule has 4 N–H and O–H groups in total. The number of nitrogens with one attached hydrogen (secondary N) is 4. The van der Waals surface area contributed by atoms with Gasteiger partial charge in [0.2, 0.25) is 0 Å². The lowest BCUT2D eigenvalue weighted by atomic mass is 9.98. The van der Waals surface area contributed by atoms with Crippen LogP contribution in [0.5, 0.6) is 0 Å². The molecule has 21 rings (SSSR count). The maximum absolute atomic E-state index is 13.4. The van der Waals surface area contributed by atoms with Gasteiger partial charge in [0.05, 0.1) is 33.6 Å². The number of carbonyl (C=O) groups excluding carboxylic acids is 5. The Morgan fingerprint density at radius 1 is 0.331 bits per heavy atom. The van der Waals surface area contributed by atoms with Crippen molar-refractivity contribution >= 4 is 83.4 Å². The number of piperazine rings is 5. The molecule has 2 unspecified atom stereocenters. The van der Waals surface area contributed by atoms with Crippen LogP contribution in [0.3, 0.4) is 0 Å². The van der Waals surface area contributed by atoms with Gasteiger partial charge in [0.1, 0.15) is 63.6 Å². The number of alkyl halides is 5. The van der Waals surface area contributed by atoms with Crippen LogP contribution in [-0.4, -0.2) is 230 Å². The van der Waals surface area contributed by atoms with Gasteiger partial charge in [0, 0.05) is 210 Å². The van der Waals surface area contributed by atoms with E-state index in [0.29, 0.717) is 78.1 Å². The molecule has 6 aliphatic heterocycles. The van der Waals surface area contributed by atoms with Crippen molar-refractivity contribution in [2.24, 2.45) is 0 Å². The molecule has 10 aromatic carbocycles. The number of fused-ring (bicyclic) bond motifs is 6. The molecule has 15 aromatic rings. The molecule has 766 valence electrons. The molecule has 30 heteroatoms. The van der Waals surface area contributed by atoms with Crippen LogP contribution >= 0.6 is 0 Å². The van der Waals surface area contributed by atoms with Crippen LogP contribution in [0.4, 0.5) is 43.9 Å². The maximum atomic E-state index is 13.4. The molecule has 6 atom stereocenters. The van der Waals surface area contributed by atoms with Crippen molar-refractivity contribution in [3.8, 4) is 55.6 Å². The van der Waals surface area contributed by atoms with E-state index < -0.39 is 24.7 Å². The van der Waals surface area contributed by atoms with E-state index in [1.54, 1.807) is 89.8 Å². The number of halogens is 10. The molecule has 20 nitrogen and oxygen atoms in total. The fraction of sp³-hybridized carbons (Fsp3) is 0.322. The first-order chi connectivity index (χ1) is 71.1. The Kier molecular flexibility index (Phi) is 33.9. The van der Waals surface area contributed by atoms with E-state index in [4.69, 9.17) is 0 Å². The fourth-order valence-electron chi connectivity index (χ4n) is 20.4. The molecule has 6 saturated heterocycles. The van der Waals surface area contributed by atoms with Crippen molar-refractivity contribution in [1.29, 1.82) is 0 Å². The largest absolute Gasteiger partial charge is 0.405 e. The average Bonchev–Trinajstić information content (AvgIpc) is 1.57. The summed E-state index contributed by atoms with van der Waals surface area (Å²) in [4.78, 5) is 96.8. The lowest BCUT2D eigenvalue weighted by Gasteiger charge is -2.39. The predicted molar refractivity (Wildman–Crippen MR) is 562 cm³/mol. The monoisotopic (exact) mass is 2020 g/mol. The van der Waals surface area contributed by atoms with Gasteiger partial charge in [-0.1, -0.05) is 121 Å². The van der Waals surface area contributed by atoms with Gasteiger partial charge in [0.25, 0.3) is 6.43 Å². The smallest absolute Gasteiger partial charge is 0.312 e. The number of hydrogen-bond acceptors (Lipinski definition) is 20. The Balaban J connectivity index is 0.000000126. The lowest BCUT2D eigenvalue weighted by Crippen LogP contribution is -2.60. The minimum Gasteiger partial charge on any atom is -0.312 e. The molecule has 6 fully saturated rings. The zero-order valence-electron chi connectivity index (χ0n) is 83.9. The minimum atomic E-state index is -4.30. The lowest BCUT2D eigenvalue weighted by molar-refractivity contribution is -0.168. The number of hydrogen-bond donors (Lipinski definition) is 4. The third kappa shape index (κ3) is 26.6. The number of nitrogens with zero attached hydrogens (tertiary/aromatic N) is 11. The van der Waals surface area contributed by atoms with Crippen molar-refractivity contribution in [3.63, 3.8) is 0 Å². The third-order valence-corrected chi connectivity index (χ3v) is 28.2. The molecular weight excluding hydrogens is 1900 g/mol. The second-order valence-electron chi connectivity index (χ2n) is 39.5. The first kappa shape index (κ1) is 106. The van der Waals surface area contributed by atoms with Gasteiger partial charge in [-0.3, -0.25) is 53.4 Å². The highest BCUT2D eigenvalue weighted by Crippen LogP contribution is 2.39. The van der Waals surface area contributed by atoms with Gasteiger partial charge < -0.3 is 21.3 Å². The van der Waals surface area contributed by atoms with Crippen LogP contribution in [0.15, 0.2) is 243 Å². The standard InChI is InChI=1S/C25H26FN3O.C24H23F4N3O.C23H22F3N3O.2C23H24FN3O/c1-17(30)24-14-23(19-5-7-20(26)8-6-19)22-9-4-18(13-25(22)27-24)15-28-11-12-29-10-2-3-21(29)16-28;1-14-11-29-23(24(26,27)28)13-31(14)12-16-3-8-19-20(17-4-6-18(25)7-5-17)10-21(15(2)32)30-22(19)9-16;1-14(30)20-11-19(16-3-5-17(24)6-4-16)18-7-2-15(10-21(18)28-20)12-29-9-8-27-22(13-29)23(25)26;2*1-15-13-27(10-9-25-15)14-17-3-8-20-21(18-4-6-19(24)7-5-18)12-22(16(2)28)26-23(20)11-17/h4-9,13-14,21H,2-3,10-12,15-16H2,1H3;3-10,14,23,29H,11-13H2,1-2H3;2-7,10-11,22-23,27H,8-9,12-13H2,1H3;2*3-8,11-12,15,25H,9-10,13-14H2,1-2H3/t21-;14-,23?;;2*15-/m11.10/s1. The van der Waals surface area contributed by atoms with Crippen molar-refractivity contribution in [1.82, 2.24) is 75.6 Å². The van der Waals surface area contributed by atoms with Crippen LogP contribution < -0.4 is 21.3 Å². The zero-order chi connectivity index (χ0) is 104. The second-order valence-corrected chi connectivity index (χ2v) is 39.5. The van der Waals surface area contributed by atoms with E-state index >= 15 is 0 Å². The number of benzene rings is 10. The molecule has 0 amide bonds. The quantitative estimate of drug-likeness (QED) is 0.0388. The SMILES string of the molecule is CC(=O)c1cc(-c2ccc(F)cc2)c2ccc(CN3CC(C(F)(F)F)NC[C@H]3C)cc2n1.CC(=O)c1cc(-c2ccc(F)cc2)c2ccc(CN3CCN4CCC[C@@H]4C3)cc2n1.CC(=O)c1cc(-c2ccc(F)cc2)c2ccc(CN3CCNC(C(F)F)C3)cc2n1.CC(=O)c1cc(-c2ccc(F)cc2)c2ccc(CN3CCN[C@@H](C)C3)cc2n1.CC(=O)c1cc(-c2ccc(F)cc2)c2ccc(CN3CCN[C@H](C)C3)cc2n1. The van der Waals surface area contributed by atoms with Crippen LogP contribution in [0.25, 0.3) is 110 Å². The average molecular weight is 2020 g/mol. The summed E-state index contributed by atoms with van der Waals surface area (Å²) >= 11 is 0. The molecule has 6 aliphatic rings. The van der Waals surface area contributed by atoms with Crippen molar-refractivity contribution in [2.45, 2.75) is 150 Å². The van der Waals surface area contributed by atoms with Gasteiger partial charge in [-0.25, -0.2) is 55.7 Å². The number of Topliss-reactive ketones (excluding diaryl/α,β-unsaturated/α-hetero) is 5. The summed E-state index contributed by atoms with van der Waals surface area (Å²) in [6, 6.07) is 69.4. The Morgan fingerprint density at radius 2 is 0.615 bits per heavy atom. The first-order valence-corrected chi connectivity index (χ1v) is 50.3. The summed E-state index contributed by atoms with van der Waals surface area (Å²) in [6.07, 6.45) is -4.08. The predicted octanol–water partition coefficient (Wildman–Crippen LogP) is 21.8. The van der Waals surface area contributed by atoms with Gasteiger partial charge in [-0.2, -0.15) is 13.2 Å². The highest BCUT2D eigenvalue weighted by atomic mass is 19.4. The summed E-state index contributed by atoms with van der Waals surface area (Å²) in [5, 5.41) is 16.9. The van der Waals surface area contributed by atoms with Gasteiger partial charge in [-0.15, -0.1) is 0 Å². The molecule has 0 saturated carbocycles. The Morgan fingerprint density at radius 3 is 0.899 bits per heavy atom. The molecule has 0 radical (unpaired) electrons. The van der Waals surface area contributed by atoms with Crippen LogP contribution in [0, 0.1) is 29.1 Å². The fourth-order valence-corrected chi connectivity index (χ4v) is 20.4. The summed E-state index contributed by atoms with van der Waals surface area (Å²) in [6.45, 7) is 29.5. The van der Waals surface area contributed by atoms with E-state index in [1.165, 1.54) is 131 Å². The Hall–Kier alpha value is -13.5. The Bertz CT molecular complexity index is 7040. The molecule has 0 bridgehead atoms. The van der Waals surface area contributed by atoms with Gasteiger partial charge >= 0.3 is 6.18 Å². The van der Waals surface area contributed by atoms with E-state index in [1.807, 2.05) is 54.3 Å². The molecule has 148 heavy (non-hydrogen) atoms. The highest BCUT2D eigenvalue weighted by molar-refractivity contribution is 6.06. The van der Waals surface area contributed by atoms with E-state index in [9.17, 15) is 67.9 Å². The third-order valence-electron chi connectivity index (χ3n) is 28.2. The molecule has 0 aliphatic carbocycles. The molecule has 11 heterocycles. The van der Waals surface area contributed by atoms with Crippen molar-refractivity contribution < 1.29 is 67.9 Å². The second kappa shape index (κ2) is 47.3. The molecule has 5 aromatic heterocycles. The van der Waals surface area contributed by atoms with E-state index in [0.717, 1.165) is 189 Å². The summed E-state index contributed by atoms with van der Waals surface area (Å²) in [5.41, 5.74) is 19.3. The maximum Gasteiger partial charge on any atom is 0.405 e. The molecule has 0 spiro atoms. The highest BCUT2D eigenvalue weighted by Gasteiger charge is 2.44. The topological polar surface area (TPSA) is 217 Å². The van der Waals surface area contributed by atoms with Crippen molar-refractivity contribution in [3.05, 3.63) is 328 Å². The normalized spacial score (nSPS) is 18.6. The van der Waals surface area contributed by atoms with E-state index in [2.05, 4.69) is 134 Å². The van der Waals surface area contributed by atoms with Crippen molar-refractivity contribution in [2.75, 3.05) is 98.2 Å². The van der Waals surface area contributed by atoms with E-state index in [-0.39, 0.29) is 89.4 Å². The zero-order valence-corrected chi connectivity index (χ0v) is 83.9. The number of rotatable bonds is 21. The molecular formula is C118H119F10N15O5. The van der Waals surface area contributed by atoms with Crippen LogP contribution in [-0.2, 0) is 32.7 Å². The summed E-state index contributed by atoms with van der Waals surface area (Å²) < 4.78 is 132. The summed E-state index contributed by atoms with van der Waals surface area (Å²) in [7, 11) is 0. The van der Waals surface area contributed by atoms with Crippen LogP contribution in [0.2, 0.25) is 0 Å².